The van der Waals surface area contributed by atoms with Crippen LogP contribution in [0.1, 0.15) is 44.5 Å². The second-order valence-corrected chi connectivity index (χ2v) is 8.10. The van der Waals surface area contributed by atoms with Crippen LogP contribution in [0.15, 0.2) is 34.1 Å². The van der Waals surface area contributed by atoms with Gasteiger partial charge in [-0.15, -0.1) is 0 Å². The molecule has 1 N–H and O–H groups in total. The molecule has 0 aliphatic carbocycles. The summed E-state index contributed by atoms with van der Waals surface area (Å²) in [6.45, 7) is 9.07. The van der Waals surface area contributed by atoms with Crippen LogP contribution >= 0.6 is 0 Å². The van der Waals surface area contributed by atoms with Crippen molar-refractivity contribution in [1.82, 2.24) is 4.57 Å². The minimum absolute atomic E-state index is 0.00935. The number of nitrogens with zero attached hydrogens (tertiary/aromatic N) is 1. The summed E-state index contributed by atoms with van der Waals surface area (Å²) in [6.07, 6.45) is 0.234. The molecule has 5 nitrogen and oxygen atoms in total. The van der Waals surface area contributed by atoms with Crippen molar-refractivity contribution in [2.75, 3.05) is 5.32 Å². The molecule has 0 fully saturated rings. The number of halogens is 1. The molecule has 0 aliphatic heterocycles. The Morgan fingerprint density at radius 1 is 1.20 bits per heavy atom. The molecule has 25 heavy (non-hydrogen) atoms. The van der Waals surface area contributed by atoms with Crippen LogP contribution < -0.4 is 5.32 Å². The molecule has 7 heteroatoms. The van der Waals surface area contributed by atoms with Gasteiger partial charge in [0.1, 0.15) is 16.5 Å². The fourth-order valence-corrected chi connectivity index (χ4v) is 4.53. The molecule has 136 valence electrons. The summed E-state index contributed by atoms with van der Waals surface area (Å²) in [5, 5.41) is 2.73. The van der Waals surface area contributed by atoms with E-state index in [0.717, 1.165) is 17.8 Å². The minimum atomic E-state index is -3.91. The van der Waals surface area contributed by atoms with E-state index in [4.69, 9.17) is 0 Å². The van der Waals surface area contributed by atoms with Gasteiger partial charge in [0.15, 0.2) is 0 Å². The van der Waals surface area contributed by atoms with E-state index in [9.17, 15) is 17.6 Å². The van der Waals surface area contributed by atoms with Crippen LogP contribution in [0.2, 0.25) is 0 Å². The van der Waals surface area contributed by atoms with E-state index in [1.807, 2.05) is 20.8 Å². The molecule has 0 saturated carbocycles. The molecule has 1 amide bonds. The van der Waals surface area contributed by atoms with Gasteiger partial charge in [-0.1, -0.05) is 6.92 Å². The number of carbonyl (C=O) groups excluding carboxylic acids is 1. The molecule has 1 aromatic heterocycles. The zero-order chi connectivity index (χ0) is 18.9. The SMILES string of the molecule is CCC(=O)Nc1c(S(=O)(=O)c2ccc(F)cc2)c(C)c(C)n1C(C)C. The van der Waals surface area contributed by atoms with Crippen molar-refractivity contribution in [2.24, 2.45) is 0 Å². The Balaban J connectivity index is 2.77. The van der Waals surface area contributed by atoms with Gasteiger partial charge in [0.05, 0.1) is 4.90 Å². The van der Waals surface area contributed by atoms with Gasteiger partial charge in [0, 0.05) is 18.2 Å². The largest absolute Gasteiger partial charge is 0.328 e. The third-order valence-electron chi connectivity index (χ3n) is 4.19. The first-order chi connectivity index (χ1) is 11.6. The van der Waals surface area contributed by atoms with Gasteiger partial charge < -0.3 is 9.88 Å². The maximum atomic E-state index is 13.2. The van der Waals surface area contributed by atoms with Crippen LogP contribution in [0, 0.1) is 19.7 Å². The molecule has 2 rings (SSSR count). The van der Waals surface area contributed by atoms with Gasteiger partial charge >= 0.3 is 0 Å². The number of sulfone groups is 1. The van der Waals surface area contributed by atoms with Crippen molar-refractivity contribution >= 4 is 21.6 Å². The zero-order valence-corrected chi connectivity index (χ0v) is 15.9. The Labute approximate surface area is 147 Å². The first kappa shape index (κ1) is 19.2. The van der Waals surface area contributed by atoms with Crippen LogP contribution in [0.5, 0.6) is 0 Å². The van der Waals surface area contributed by atoms with Gasteiger partial charge in [-0.3, -0.25) is 4.79 Å². The lowest BCUT2D eigenvalue weighted by Gasteiger charge is -2.17. The number of hydrogen-bond donors (Lipinski definition) is 1. The average Bonchev–Trinajstić information content (AvgIpc) is 2.79. The van der Waals surface area contributed by atoms with Crippen molar-refractivity contribution in [3.05, 3.63) is 41.3 Å². The second-order valence-electron chi connectivity index (χ2n) is 6.21. The number of aromatic nitrogens is 1. The van der Waals surface area contributed by atoms with Gasteiger partial charge in [0.25, 0.3) is 0 Å². The number of rotatable bonds is 5. The van der Waals surface area contributed by atoms with Gasteiger partial charge in [-0.05, 0) is 57.5 Å². The fraction of sp³-hybridized carbons (Fsp3) is 0.389. The maximum Gasteiger partial charge on any atom is 0.225 e. The van der Waals surface area contributed by atoms with Crippen molar-refractivity contribution in [1.29, 1.82) is 0 Å². The van der Waals surface area contributed by atoms with Crippen LogP contribution in [0.25, 0.3) is 0 Å². The summed E-state index contributed by atoms with van der Waals surface area (Å²) in [5.74, 6) is -0.512. The van der Waals surface area contributed by atoms with Crippen LogP contribution in [-0.4, -0.2) is 18.9 Å². The van der Waals surface area contributed by atoms with Crippen molar-refractivity contribution in [2.45, 2.75) is 56.9 Å². The van der Waals surface area contributed by atoms with E-state index in [0.29, 0.717) is 5.56 Å². The molecule has 0 atom stereocenters. The van der Waals surface area contributed by atoms with Gasteiger partial charge in [-0.25, -0.2) is 12.8 Å². The Morgan fingerprint density at radius 2 is 1.76 bits per heavy atom. The second kappa shape index (κ2) is 7.00. The van der Waals surface area contributed by atoms with Crippen molar-refractivity contribution in [3.63, 3.8) is 0 Å². The summed E-state index contributed by atoms with van der Waals surface area (Å²) >= 11 is 0. The lowest BCUT2D eigenvalue weighted by atomic mass is 10.3. The summed E-state index contributed by atoms with van der Waals surface area (Å²) in [4.78, 5) is 12.0. The van der Waals surface area contributed by atoms with Gasteiger partial charge in [-0.2, -0.15) is 0 Å². The standard InChI is InChI=1S/C18H23FN2O3S/c1-6-16(22)20-18-17(12(4)13(5)21(18)11(2)3)25(23,24)15-9-7-14(19)8-10-15/h7-11H,6H2,1-5H3,(H,20,22). The molecule has 1 aromatic carbocycles. The van der Waals surface area contributed by atoms with Crippen LogP contribution in [0.4, 0.5) is 10.2 Å². The normalized spacial score (nSPS) is 11.8. The molecule has 0 unspecified atom stereocenters. The Kier molecular flexibility index (Phi) is 5.37. The Morgan fingerprint density at radius 3 is 2.24 bits per heavy atom. The smallest absolute Gasteiger partial charge is 0.225 e. The molecule has 0 radical (unpaired) electrons. The summed E-state index contributed by atoms with van der Waals surface area (Å²) in [7, 11) is -3.91. The Bertz CT molecular complexity index is 897. The highest BCUT2D eigenvalue weighted by Crippen LogP contribution is 2.37. The Hall–Kier alpha value is -2.15. The maximum absolute atomic E-state index is 13.2. The highest BCUT2D eigenvalue weighted by Gasteiger charge is 2.31. The zero-order valence-electron chi connectivity index (χ0n) is 15.1. The predicted octanol–water partition coefficient (Wildman–Crippen LogP) is 4.01. The van der Waals surface area contributed by atoms with E-state index in [1.54, 1.807) is 18.4 Å². The quantitative estimate of drug-likeness (QED) is 0.813. The fourth-order valence-electron chi connectivity index (χ4n) is 2.84. The third-order valence-corrected chi connectivity index (χ3v) is 6.12. The third kappa shape index (κ3) is 3.46. The number of nitrogens with one attached hydrogen (secondary N) is 1. The molecule has 0 spiro atoms. The van der Waals surface area contributed by atoms with Crippen LogP contribution in [0.3, 0.4) is 0 Å². The highest BCUT2D eigenvalue weighted by molar-refractivity contribution is 7.91. The number of carbonyl (C=O) groups is 1. The molecule has 1 heterocycles. The molecule has 0 bridgehead atoms. The number of benzene rings is 1. The van der Waals surface area contributed by atoms with E-state index < -0.39 is 15.7 Å². The first-order valence-electron chi connectivity index (χ1n) is 8.13. The highest BCUT2D eigenvalue weighted by atomic mass is 32.2. The van der Waals surface area contributed by atoms with Crippen molar-refractivity contribution in [3.8, 4) is 0 Å². The number of amides is 1. The molecular weight excluding hydrogens is 343 g/mol. The molecule has 0 aliphatic rings. The minimum Gasteiger partial charge on any atom is -0.328 e. The monoisotopic (exact) mass is 366 g/mol. The van der Waals surface area contributed by atoms with E-state index in [-0.39, 0.29) is 34.0 Å². The van der Waals surface area contributed by atoms with E-state index in [2.05, 4.69) is 5.32 Å². The first-order valence-corrected chi connectivity index (χ1v) is 9.61. The summed E-state index contributed by atoms with van der Waals surface area (Å²) in [6, 6.07) is 4.65. The van der Waals surface area contributed by atoms with Gasteiger partial charge in [0.2, 0.25) is 15.7 Å². The lowest BCUT2D eigenvalue weighted by molar-refractivity contribution is -0.115. The average molecular weight is 366 g/mol. The van der Waals surface area contributed by atoms with E-state index in [1.165, 1.54) is 12.1 Å². The lowest BCUT2D eigenvalue weighted by Crippen LogP contribution is -2.17. The molecular formula is C18H23FN2O3S. The molecule has 0 saturated heterocycles. The topological polar surface area (TPSA) is 68.2 Å². The summed E-state index contributed by atoms with van der Waals surface area (Å²) < 4.78 is 41.3. The van der Waals surface area contributed by atoms with Crippen molar-refractivity contribution < 1.29 is 17.6 Å². The molecule has 2 aromatic rings. The van der Waals surface area contributed by atoms with E-state index >= 15 is 0 Å². The predicted molar refractivity (Wildman–Crippen MR) is 95.1 cm³/mol. The van der Waals surface area contributed by atoms with Crippen LogP contribution in [-0.2, 0) is 14.6 Å². The number of hydrogen-bond acceptors (Lipinski definition) is 3. The number of anilines is 1. The summed E-state index contributed by atoms with van der Waals surface area (Å²) in [5.41, 5.74) is 1.34.